The highest BCUT2D eigenvalue weighted by atomic mass is 16.5. The summed E-state index contributed by atoms with van der Waals surface area (Å²) in [4.78, 5) is 13.6. The van der Waals surface area contributed by atoms with Crippen LogP contribution in [0.25, 0.3) is 0 Å². The van der Waals surface area contributed by atoms with Gasteiger partial charge in [0.2, 0.25) is 5.91 Å². The smallest absolute Gasteiger partial charge is 0.223 e. The number of phenolic OH excluding ortho intramolecular Hbond substituents is 1. The zero-order valence-electron chi connectivity index (χ0n) is 15.1. The molecule has 0 unspecified atom stereocenters. The number of ether oxygens (including phenoxy) is 1. The number of quaternary nitrogens is 1. The van der Waals surface area contributed by atoms with Crippen molar-refractivity contribution < 1.29 is 19.5 Å². The lowest BCUT2D eigenvalue weighted by Crippen LogP contribution is -3.11. The number of hydrogen-bond donors (Lipinski definition) is 3. The fourth-order valence-corrected chi connectivity index (χ4v) is 3.24. The third kappa shape index (κ3) is 5.13. The number of piperidine rings is 1. The summed E-state index contributed by atoms with van der Waals surface area (Å²) in [7, 11) is 1.56. The molecule has 5 nitrogen and oxygen atoms in total. The molecule has 5 heteroatoms. The van der Waals surface area contributed by atoms with Gasteiger partial charge in [0.15, 0.2) is 11.5 Å². The summed E-state index contributed by atoms with van der Waals surface area (Å²) < 4.78 is 5.17. The van der Waals surface area contributed by atoms with Crippen LogP contribution in [0.2, 0.25) is 0 Å². The molecule has 0 bridgehead atoms. The lowest BCUT2D eigenvalue weighted by Gasteiger charge is -2.29. The van der Waals surface area contributed by atoms with E-state index in [1.165, 1.54) is 4.90 Å². The predicted molar refractivity (Wildman–Crippen MR) is 94.2 cm³/mol. The molecule has 1 aliphatic rings. The summed E-state index contributed by atoms with van der Waals surface area (Å²) in [6.07, 6.45) is 2.85. The van der Waals surface area contributed by atoms with Gasteiger partial charge in [0.05, 0.1) is 25.8 Å². The van der Waals surface area contributed by atoms with Crippen LogP contribution >= 0.6 is 0 Å². The molecule has 24 heavy (non-hydrogen) atoms. The second-order valence-electron chi connectivity index (χ2n) is 7.14. The average Bonchev–Trinajstić information content (AvgIpc) is 2.57. The highest BCUT2D eigenvalue weighted by molar-refractivity contribution is 5.78. The van der Waals surface area contributed by atoms with Crippen LogP contribution in [0.3, 0.4) is 0 Å². The van der Waals surface area contributed by atoms with Crippen molar-refractivity contribution in [2.45, 2.75) is 39.7 Å². The van der Waals surface area contributed by atoms with Crippen LogP contribution in [0, 0.1) is 11.8 Å². The van der Waals surface area contributed by atoms with Crippen molar-refractivity contribution in [1.29, 1.82) is 0 Å². The van der Waals surface area contributed by atoms with Crippen molar-refractivity contribution in [2.75, 3.05) is 26.7 Å². The fraction of sp³-hybridized carbons (Fsp3) is 0.632. The van der Waals surface area contributed by atoms with Gasteiger partial charge < -0.3 is 20.1 Å². The number of hydrogen-bond acceptors (Lipinski definition) is 3. The Hall–Kier alpha value is -1.75. The van der Waals surface area contributed by atoms with E-state index < -0.39 is 0 Å². The molecule has 1 amide bonds. The Morgan fingerprint density at radius 2 is 2.08 bits per heavy atom. The van der Waals surface area contributed by atoms with E-state index in [0.717, 1.165) is 51.0 Å². The van der Waals surface area contributed by atoms with Gasteiger partial charge in [-0.3, -0.25) is 4.79 Å². The number of phenols is 1. The molecule has 0 aromatic heterocycles. The Kier molecular flexibility index (Phi) is 6.91. The normalized spacial score (nSPS) is 20.8. The van der Waals surface area contributed by atoms with Gasteiger partial charge >= 0.3 is 0 Å². The molecule has 1 aliphatic heterocycles. The Morgan fingerprint density at radius 3 is 2.71 bits per heavy atom. The third-order valence-corrected chi connectivity index (χ3v) is 4.83. The van der Waals surface area contributed by atoms with Crippen LogP contribution < -0.4 is 15.0 Å². The molecule has 0 spiro atoms. The molecule has 1 fully saturated rings. The zero-order chi connectivity index (χ0) is 17.5. The van der Waals surface area contributed by atoms with E-state index in [1.54, 1.807) is 13.2 Å². The maximum absolute atomic E-state index is 12.2. The number of aromatic hydroxyl groups is 1. The summed E-state index contributed by atoms with van der Waals surface area (Å²) in [5.74, 6) is 1.72. The number of likely N-dealkylation sites (tertiary alicyclic amines) is 1. The van der Waals surface area contributed by atoms with Gasteiger partial charge in [-0.25, -0.2) is 0 Å². The van der Waals surface area contributed by atoms with Crippen molar-refractivity contribution in [1.82, 2.24) is 5.32 Å². The second kappa shape index (κ2) is 8.92. The quantitative estimate of drug-likeness (QED) is 0.705. The predicted octanol–water partition coefficient (Wildman–Crippen LogP) is 1.36. The highest BCUT2D eigenvalue weighted by Crippen LogP contribution is 2.28. The number of methoxy groups -OCH3 is 1. The van der Waals surface area contributed by atoms with Crippen LogP contribution in [-0.2, 0) is 11.3 Å². The summed E-state index contributed by atoms with van der Waals surface area (Å²) in [6.45, 7) is 7.80. The maximum atomic E-state index is 12.2. The summed E-state index contributed by atoms with van der Waals surface area (Å²) in [6, 6.07) is 5.61. The van der Waals surface area contributed by atoms with Crippen LogP contribution in [0.1, 0.15) is 38.7 Å². The lowest BCUT2D eigenvalue weighted by molar-refractivity contribution is -0.919. The molecule has 134 valence electrons. The van der Waals surface area contributed by atoms with E-state index in [4.69, 9.17) is 4.74 Å². The molecular formula is C19H31N2O3+. The van der Waals surface area contributed by atoms with Gasteiger partial charge in [0.1, 0.15) is 6.54 Å². The summed E-state index contributed by atoms with van der Waals surface area (Å²) >= 11 is 0. The lowest BCUT2D eigenvalue weighted by atomic mass is 9.95. The van der Waals surface area contributed by atoms with Crippen LogP contribution in [-0.4, -0.2) is 37.8 Å². The Labute approximate surface area is 145 Å². The van der Waals surface area contributed by atoms with Crippen LogP contribution in [0.5, 0.6) is 11.5 Å². The number of carbonyl (C=O) groups is 1. The number of nitrogens with one attached hydrogen (secondary N) is 2. The first-order chi connectivity index (χ1) is 11.5. The Morgan fingerprint density at radius 1 is 1.38 bits per heavy atom. The highest BCUT2D eigenvalue weighted by Gasteiger charge is 2.27. The molecule has 1 aromatic rings. The molecule has 3 N–H and O–H groups in total. The summed E-state index contributed by atoms with van der Waals surface area (Å²) in [5.41, 5.74) is 0.907. The van der Waals surface area contributed by atoms with Crippen molar-refractivity contribution in [3.8, 4) is 11.5 Å². The zero-order valence-corrected chi connectivity index (χ0v) is 15.1. The van der Waals surface area contributed by atoms with Crippen molar-refractivity contribution in [2.24, 2.45) is 11.8 Å². The van der Waals surface area contributed by atoms with E-state index >= 15 is 0 Å². The van der Waals surface area contributed by atoms with Crippen molar-refractivity contribution in [3.05, 3.63) is 23.8 Å². The molecule has 2 rings (SSSR count). The monoisotopic (exact) mass is 335 g/mol. The van der Waals surface area contributed by atoms with E-state index in [0.29, 0.717) is 11.7 Å². The first-order valence-electron chi connectivity index (χ1n) is 8.97. The molecule has 0 atom stereocenters. The number of rotatable bonds is 7. The van der Waals surface area contributed by atoms with Gasteiger partial charge in [-0.15, -0.1) is 0 Å². The summed E-state index contributed by atoms with van der Waals surface area (Å²) in [5, 5.41) is 13.3. The minimum atomic E-state index is 0.139. The molecule has 0 aliphatic carbocycles. The molecule has 1 saturated heterocycles. The van der Waals surface area contributed by atoms with Crippen LogP contribution in [0.15, 0.2) is 18.2 Å². The molecule has 0 radical (unpaired) electrons. The van der Waals surface area contributed by atoms with E-state index in [-0.39, 0.29) is 17.6 Å². The van der Waals surface area contributed by atoms with Gasteiger partial charge in [0.25, 0.3) is 0 Å². The van der Waals surface area contributed by atoms with Gasteiger partial charge in [-0.05, 0) is 24.5 Å². The molecule has 1 aromatic carbocycles. The number of amides is 1. The minimum Gasteiger partial charge on any atom is -0.504 e. The first-order valence-corrected chi connectivity index (χ1v) is 8.97. The third-order valence-electron chi connectivity index (χ3n) is 4.83. The van der Waals surface area contributed by atoms with E-state index in [2.05, 4.69) is 19.2 Å². The second-order valence-corrected chi connectivity index (χ2v) is 7.14. The fourth-order valence-electron chi connectivity index (χ4n) is 3.24. The molecule has 0 saturated carbocycles. The number of para-hydroxylation sites is 1. The van der Waals surface area contributed by atoms with Crippen molar-refractivity contribution in [3.63, 3.8) is 0 Å². The van der Waals surface area contributed by atoms with Crippen LogP contribution in [0.4, 0.5) is 0 Å². The van der Waals surface area contributed by atoms with Gasteiger partial charge in [0, 0.05) is 25.3 Å². The first kappa shape index (κ1) is 18.6. The maximum Gasteiger partial charge on any atom is 0.223 e. The Bertz CT molecular complexity index is 537. The molecular weight excluding hydrogens is 304 g/mol. The number of benzene rings is 1. The SMILES string of the molecule is COc1cccc(C[NH+]2CCC(C(=O)NCCC(C)C)CC2)c1O. The van der Waals surface area contributed by atoms with Crippen molar-refractivity contribution >= 4 is 5.91 Å². The topological polar surface area (TPSA) is 63.0 Å². The van der Waals surface area contributed by atoms with E-state index in [1.807, 2.05) is 12.1 Å². The number of carbonyl (C=O) groups excluding carboxylic acids is 1. The standard InChI is InChI=1S/C19H30N2O3/c1-14(2)7-10-20-19(23)15-8-11-21(12-9-15)13-16-5-4-6-17(24-3)18(16)22/h4-6,14-15,22H,7-13H2,1-3H3,(H,20,23)/p+1. The van der Waals surface area contributed by atoms with E-state index in [9.17, 15) is 9.90 Å². The molecule has 1 heterocycles. The van der Waals surface area contributed by atoms with Gasteiger partial charge in [-0.1, -0.05) is 19.9 Å². The largest absolute Gasteiger partial charge is 0.504 e. The average molecular weight is 335 g/mol. The van der Waals surface area contributed by atoms with Gasteiger partial charge in [-0.2, -0.15) is 0 Å². The minimum absolute atomic E-state index is 0.139. The Balaban J connectivity index is 1.80.